The number of aryl methyl sites for hydroxylation is 1. The predicted octanol–water partition coefficient (Wildman–Crippen LogP) is 1.42. The Morgan fingerprint density at radius 2 is 2.00 bits per heavy atom. The summed E-state index contributed by atoms with van der Waals surface area (Å²) in [4.78, 5) is 13.9. The van der Waals surface area contributed by atoms with Gasteiger partial charge in [0.25, 0.3) is 0 Å². The first kappa shape index (κ1) is 7.85. The number of hydrogen-bond acceptors (Lipinski definition) is 2. The molecule has 1 rings (SSSR count). The summed E-state index contributed by atoms with van der Waals surface area (Å²) in [6.07, 6.45) is 0. The highest BCUT2D eigenvalue weighted by Gasteiger charge is 2.11. The molecule has 0 amide bonds. The zero-order valence-electron chi connectivity index (χ0n) is 6.99. The van der Waals surface area contributed by atoms with E-state index in [2.05, 4.69) is 4.98 Å². The van der Waals surface area contributed by atoms with Crippen LogP contribution in [0.15, 0.2) is 0 Å². The van der Waals surface area contributed by atoms with Crippen molar-refractivity contribution >= 4 is 11.6 Å². The number of aromatic nitrogens is 1. The number of Topliss-reactive ketones (excluding diaryl/α,β-unsaturated/α-hetero) is 1. The van der Waals surface area contributed by atoms with Crippen LogP contribution in [0.25, 0.3) is 0 Å². The lowest BCUT2D eigenvalue weighted by molar-refractivity contribution is 0.101. The highest BCUT2D eigenvalue weighted by Crippen LogP contribution is 2.19. The van der Waals surface area contributed by atoms with Crippen molar-refractivity contribution in [3.05, 3.63) is 16.8 Å². The highest BCUT2D eigenvalue weighted by molar-refractivity contribution is 5.98. The maximum atomic E-state index is 11.0. The Balaban J connectivity index is 3.34. The molecule has 11 heavy (non-hydrogen) atoms. The Morgan fingerprint density at radius 3 is 2.18 bits per heavy atom. The Labute approximate surface area is 65.6 Å². The molecule has 3 heteroatoms. The number of anilines is 1. The molecule has 0 unspecified atom stereocenters. The molecule has 0 fully saturated rings. The summed E-state index contributed by atoms with van der Waals surface area (Å²) >= 11 is 0. The van der Waals surface area contributed by atoms with Crippen molar-refractivity contribution < 1.29 is 4.79 Å². The van der Waals surface area contributed by atoms with Crippen molar-refractivity contribution in [1.82, 2.24) is 4.98 Å². The molecule has 0 spiro atoms. The van der Waals surface area contributed by atoms with E-state index in [9.17, 15) is 4.79 Å². The van der Waals surface area contributed by atoms with Crippen LogP contribution in [-0.4, -0.2) is 10.8 Å². The van der Waals surface area contributed by atoms with Gasteiger partial charge in [0, 0.05) is 16.8 Å². The van der Waals surface area contributed by atoms with E-state index >= 15 is 0 Å². The van der Waals surface area contributed by atoms with E-state index < -0.39 is 0 Å². The Morgan fingerprint density at radius 1 is 1.45 bits per heavy atom. The summed E-state index contributed by atoms with van der Waals surface area (Å²) < 4.78 is 0. The average molecular weight is 152 g/mol. The third-order valence-electron chi connectivity index (χ3n) is 1.83. The van der Waals surface area contributed by atoms with Gasteiger partial charge in [0.2, 0.25) is 0 Å². The molecule has 0 saturated carbocycles. The summed E-state index contributed by atoms with van der Waals surface area (Å²) in [5, 5.41) is 0. The second kappa shape index (κ2) is 2.42. The monoisotopic (exact) mass is 152 g/mol. The number of H-pyrrole nitrogens is 1. The Hall–Kier alpha value is -1.25. The number of ketones is 1. The van der Waals surface area contributed by atoms with E-state index in [4.69, 9.17) is 5.73 Å². The van der Waals surface area contributed by atoms with Gasteiger partial charge in [-0.05, 0) is 20.8 Å². The first-order valence-electron chi connectivity index (χ1n) is 3.49. The van der Waals surface area contributed by atoms with Gasteiger partial charge in [-0.3, -0.25) is 4.79 Å². The third kappa shape index (κ3) is 1.13. The lowest BCUT2D eigenvalue weighted by Gasteiger charge is -1.93. The predicted molar refractivity (Wildman–Crippen MR) is 44.7 cm³/mol. The minimum Gasteiger partial charge on any atom is -0.385 e. The van der Waals surface area contributed by atoms with Crippen LogP contribution in [0.3, 0.4) is 0 Å². The van der Waals surface area contributed by atoms with E-state index in [1.54, 1.807) is 6.92 Å². The van der Waals surface area contributed by atoms with Gasteiger partial charge < -0.3 is 10.7 Å². The fourth-order valence-corrected chi connectivity index (χ4v) is 1.30. The fourth-order valence-electron chi connectivity index (χ4n) is 1.30. The quantitative estimate of drug-likeness (QED) is 0.598. The average Bonchev–Trinajstić information content (AvgIpc) is 2.07. The largest absolute Gasteiger partial charge is 0.385 e. The Bertz CT molecular complexity index is 299. The van der Waals surface area contributed by atoms with Gasteiger partial charge in [0.05, 0.1) is 0 Å². The second-order valence-electron chi connectivity index (χ2n) is 2.72. The van der Waals surface area contributed by atoms with Gasteiger partial charge in [-0.15, -0.1) is 0 Å². The number of nitrogens with one attached hydrogen (secondary N) is 1. The smallest absolute Gasteiger partial charge is 0.161 e. The maximum Gasteiger partial charge on any atom is 0.161 e. The normalized spacial score (nSPS) is 10.1. The van der Waals surface area contributed by atoms with Crippen molar-refractivity contribution in [2.75, 3.05) is 5.73 Å². The molecule has 1 aromatic heterocycles. The lowest BCUT2D eigenvalue weighted by atomic mass is 10.1. The highest BCUT2D eigenvalue weighted by atomic mass is 16.1. The van der Waals surface area contributed by atoms with Crippen LogP contribution in [0.2, 0.25) is 0 Å². The summed E-state index contributed by atoms with van der Waals surface area (Å²) in [6.45, 7) is 5.23. The second-order valence-corrected chi connectivity index (χ2v) is 2.72. The van der Waals surface area contributed by atoms with E-state index in [0.717, 1.165) is 16.8 Å². The van der Waals surface area contributed by atoms with Crippen LogP contribution in [0.5, 0.6) is 0 Å². The number of aromatic amines is 1. The molecule has 0 atom stereocenters. The molecule has 3 nitrogen and oxygen atoms in total. The van der Waals surface area contributed by atoms with Gasteiger partial charge in [0.1, 0.15) is 5.82 Å². The first-order chi connectivity index (χ1) is 5.04. The first-order valence-corrected chi connectivity index (χ1v) is 3.49. The molecular formula is C8H12N2O. The molecule has 1 aromatic rings. The molecular weight excluding hydrogens is 140 g/mol. The van der Waals surface area contributed by atoms with Gasteiger partial charge in [-0.25, -0.2) is 0 Å². The molecule has 3 N–H and O–H groups in total. The maximum absolute atomic E-state index is 11.0. The molecule has 0 bridgehead atoms. The van der Waals surface area contributed by atoms with E-state index in [-0.39, 0.29) is 5.78 Å². The number of carbonyl (C=O) groups excluding carboxylic acids is 1. The van der Waals surface area contributed by atoms with Crippen LogP contribution in [0, 0.1) is 13.8 Å². The zero-order chi connectivity index (χ0) is 8.59. The molecule has 0 aliphatic heterocycles. The van der Waals surface area contributed by atoms with E-state index in [1.165, 1.54) is 0 Å². The SMILES string of the molecule is CC(=O)c1c(C)[nH]c(N)c1C. The van der Waals surface area contributed by atoms with E-state index in [0.29, 0.717) is 5.82 Å². The summed E-state index contributed by atoms with van der Waals surface area (Å²) in [6, 6.07) is 0. The molecule has 0 aliphatic rings. The summed E-state index contributed by atoms with van der Waals surface area (Å²) in [5.41, 5.74) is 8.01. The van der Waals surface area contributed by atoms with Crippen LogP contribution in [-0.2, 0) is 0 Å². The van der Waals surface area contributed by atoms with Gasteiger partial charge in [-0.1, -0.05) is 0 Å². The molecule has 1 heterocycles. The van der Waals surface area contributed by atoms with Crippen molar-refractivity contribution in [2.45, 2.75) is 20.8 Å². The van der Waals surface area contributed by atoms with Gasteiger partial charge in [0.15, 0.2) is 5.78 Å². The number of rotatable bonds is 1. The van der Waals surface area contributed by atoms with Crippen molar-refractivity contribution in [1.29, 1.82) is 0 Å². The number of hydrogen-bond donors (Lipinski definition) is 2. The lowest BCUT2D eigenvalue weighted by Crippen LogP contribution is -1.95. The van der Waals surface area contributed by atoms with Crippen LogP contribution in [0.4, 0.5) is 5.82 Å². The van der Waals surface area contributed by atoms with Gasteiger partial charge in [-0.2, -0.15) is 0 Å². The van der Waals surface area contributed by atoms with Gasteiger partial charge >= 0.3 is 0 Å². The van der Waals surface area contributed by atoms with Crippen molar-refractivity contribution in [3.63, 3.8) is 0 Å². The number of carbonyl (C=O) groups is 1. The Kier molecular flexibility index (Phi) is 1.72. The third-order valence-corrected chi connectivity index (χ3v) is 1.83. The van der Waals surface area contributed by atoms with Crippen LogP contribution >= 0.6 is 0 Å². The standard InChI is InChI=1S/C8H12N2O/c1-4-7(6(3)11)5(2)10-8(4)9/h10H,9H2,1-3H3. The minimum absolute atomic E-state index is 0.0629. The van der Waals surface area contributed by atoms with Crippen molar-refractivity contribution in [2.24, 2.45) is 0 Å². The topological polar surface area (TPSA) is 58.9 Å². The van der Waals surface area contributed by atoms with Crippen LogP contribution < -0.4 is 5.73 Å². The zero-order valence-corrected chi connectivity index (χ0v) is 6.99. The number of nitrogen functional groups attached to an aromatic ring is 1. The molecule has 0 radical (unpaired) electrons. The summed E-state index contributed by atoms with van der Waals surface area (Å²) in [5.74, 6) is 0.653. The summed E-state index contributed by atoms with van der Waals surface area (Å²) in [7, 11) is 0. The van der Waals surface area contributed by atoms with Crippen LogP contribution in [0.1, 0.15) is 28.5 Å². The fraction of sp³-hybridized carbons (Fsp3) is 0.375. The number of nitrogens with two attached hydrogens (primary N) is 1. The molecule has 0 aromatic carbocycles. The molecule has 60 valence electrons. The van der Waals surface area contributed by atoms with E-state index in [1.807, 2.05) is 13.8 Å². The minimum atomic E-state index is 0.0629. The molecule has 0 saturated heterocycles. The molecule has 0 aliphatic carbocycles. The van der Waals surface area contributed by atoms with Crippen molar-refractivity contribution in [3.8, 4) is 0 Å².